The number of phenols is 2. The van der Waals surface area contributed by atoms with E-state index in [9.17, 15) is 10.2 Å². The number of phenolic OH excluding ortho intramolecular Hbond substituents is 2. The number of aryl methyl sites for hydroxylation is 1. The molecule has 0 heterocycles. The molecule has 0 radical (unpaired) electrons. The van der Waals surface area contributed by atoms with Crippen molar-refractivity contribution in [3.05, 3.63) is 72.8 Å². The summed E-state index contributed by atoms with van der Waals surface area (Å²) < 4.78 is 0. The van der Waals surface area contributed by atoms with Crippen molar-refractivity contribution in [3.63, 3.8) is 0 Å². The van der Waals surface area contributed by atoms with Crippen molar-refractivity contribution < 1.29 is 10.2 Å². The van der Waals surface area contributed by atoms with Gasteiger partial charge < -0.3 is 10.2 Å². The van der Waals surface area contributed by atoms with Gasteiger partial charge in [0.05, 0.1) is 0 Å². The Balaban J connectivity index is 2.52. The molecule has 0 saturated carbocycles. The second kappa shape index (κ2) is 6.80. The van der Waals surface area contributed by atoms with Crippen LogP contribution >= 0.6 is 0 Å². The van der Waals surface area contributed by atoms with E-state index in [0.29, 0.717) is 6.42 Å². The van der Waals surface area contributed by atoms with E-state index >= 15 is 0 Å². The first-order chi connectivity index (χ1) is 10.2. The van der Waals surface area contributed by atoms with Crippen LogP contribution in [0.15, 0.2) is 61.7 Å². The molecule has 2 aromatic carbocycles. The molecule has 2 N–H and O–H groups in total. The Morgan fingerprint density at radius 1 is 0.905 bits per heavy atom. The Kier molecular flexibility index (Phi) is 4.83. The lowest BCUT2D eigenvalue weighted by molar-refractivity contribution is 0.469. The van der Waals surface area contributed by atoms with Gasteiger partial charge in [-0.1, -0.05) is 30.4 Å². The normalized spacial score (nSPS) is 10.3. The van der Waals surface area contributed by atoms with Crippen LogP contribution in [0.2, 0.25) is 0 Å². The molecule has 0 unspecified atom stereocenters. The van der Waals surface area contributed by atoms with Crippen molar-refractivity contribution in [2.45, 2.75) is 19.3 Å². The van der Waals surface area contributed by atoms with E-state index in [-0.39, 0.29) is 11.5 Å². The molecule has 0 aliphatic rings. The summed E-state index contributed by atoms with van der Waals surface area (Å²) in [5, 5.41) is 20.1. The SMILES string of the molecule is C=CCCc1cccc(O)c1-c1ccc(O)c(CC=C)c1. The van der Waals surface area contributed by atoms with Gasteiger partial charge in [-0.05, 0) is 54.2 Å². The van der Waals surface area contributed by atoms with E-state index in [4.69, 9.17) is 0 Å². The van der Waals surface area contributed by atoms with E-state index < -0.39 is 0 Å². The van der Waals surface area contributed by atoms with Crippen LogP contribution in [0.1, 0.15) is 17.5 Å². The minimum Gasteiger partial charge on any atom is -0.508 e. The minimum atomic E-state index is 0.252. The van der Waals surface area contributed by atoms with Crippen LogP contribution in [-0.4, -0.2) is 10.2 Å². The summed E-state index contributed by atoms with van der Waals surface area (Å²) in [7, 11) is 0. The third-order valence-electron chi connectivity index (χ3n) is 3.48. The minimum absolute atomic E-state index is 0.252. The molecular weight excluding hydrogens is 260 g/mol. The maximum Gasteiger partial charge on any atom is 0.123 e. The average Bonchev–Trinajstić information content (AvgIpc) is 2.48. The summed E-state index contributed by atoms with van der Waals surface area (Å²) >= 11 is 0. The molecule has 0 aliphatic carbocycles. The van der Waals surface area contributed by atoms with Crippen LogP contribution in [-0.2, 0) is 12.8 Å². The van der Waals surface area contributed by atoms with Gasteiger partial charge in [-0.3, -0.25) is 0 Å². The predicted octanol–water partition coefficient (Wildman–Crippen LogP) is 4.61. The molecule has 0 saturated heterocycles. The maximum atomic E-state index is 10.2. The fourth-order valence-corrected chi connectivity index (χ4v) is 2.45. The van der Waals surface area contributed by atoms with Gasteiger partial charge in [0.2, 0.25) is 0 Å². The topological polar surface area (TPSA) is 40.5 Å². The van der Waals surface area contributed by atoms with Crippen LogP contribution in [0.4, 0.5) is 0 Å². The first-order valence-electron chi connectivity index (χ1n) is 7.02. The van der Waals surface area contributed by atoms with Gasteiger partial charge in [0, 0.05) is 5.56 Å². The molecule has 2 nitrogen and oxygen atoms in total. The maximum absolute atomic E-state index is 10.2. The lowest BCUT2D eigenvalue weighted by atomic mass is 9.94. The van der Waals surface area contributed by atoms with Gasteiger partial charge in [-0.25, -0.2) is 0 Å². The Bertz CT molecular complexity index is 657. The van der Waals surface area contributed by atoms with Crippen molar-refractivity contribution in [2.75, 3.05) is 0 Å². The number of hydrogen-bond donors (Lipinski definition) is 2. The molecule has 2 heteroatoms. The number of allylic oxidation sites excluding steroid dienone is 2. The zero-order valence-electron chi connectivity index (χ0n) is 12.0. The Hall–Kier alpha value is -2.48. The summed E-state index contributed by atoms with van der Waals surface area (Å²) in [5.41, 5.74) is 3.61. The van der Waals surface area contributed by atoms with Crippen LogP contribution in [0.3, 0.4) is 0 Å². The lowest BCUT2D eigenvalue weighted by Gasteiger charge is -2.13. The number of benzene rings is 2. The van der Waals surface area contributed by atoms with Gasteiger partial charge in [0.1, 0.15) is 11.5 Å². The molecule has 0 aliphatic heterocycles. The monoisotopic (exact) mass is 280 g/mol. The Morgan fingerprint density at radius 3 is 2.43 bits per heavy atom. The number of hydrogen-bond acceptors (Lipinski definition) is 2. The summed E-state index contributed by atoms with van der Waals surface area (Å²) in [5.74, 6) is 0.508. The zero-order valence-corrected chi connectivity index (χ0v) is 12.0. The van der Waals surface area contributed by atoms with E-state index in [1.165, 1.54) is 0 Å². The highest BCUT2D eigenvalue weighted by Gasteiger charge is 2.11. The fraction of sp³-hybridized carbons (Fsp3) is 0.158. The molecule has 0 aromatic heterocycles. The fourth-order valence-electron chi connectivity index (χ4n) is 2.45. The lowest BCUT2D eigenvalue weighted by Crippen LogP contribution is -1.92. The van der Waals surface area contributed by atoms with Crippen LogP contribution in [0, 0.1) is 0 Å². The van der Waals surface area contributed by atoms with Crippen LogP contribution in [0.25, 0.3) is 11.1 Å². The second-order valence-electron chi connectivity index (χ2n) is 4.97. The third-order valence-corrected chi connectivity index (χ3v) is 3.48. The molecule has 0 amide bonds. The predicted molar refractivity (Wildman–Crippen MR) is 87.6 cm³/mol. The zero-order chi connectivity index (χ0) is 15.2. The highest BCUT2D eigenvalue weighted by atomic mass is 16.3. The summed E-state index contributed by atoms with van der Waals surface area (Å²) in [4.78, 5) is 0. The first kappa shape index (κ1) is 14.9. The largest absolute Gasteiger partial charge is 0.508 e. The highest BCUT2D eigenvalue weighted by molar-refractivity contribution is 5.75. The molecule has 0 fully saturated rings. The van der Waals surface area contributed by atoms with E-state index in [2.05, 4.69) is 13.2 Å². The molecule has 0 bridgehead atoms. The van der Waals surface area contributed by atoms with Gasteiger partial charge >= 0.3 is 0 Å². The van der Waals surface area contributed by atoms with Gasteiger partial charge in [-0.2, -0.15) is 0 Å². The van der Waals surface area contributed by atoms with Crippen molar-refractivity contribution in [3.8, 4) is 22.6 Å². The average molecular weight is 280 g/mol. The Labute approximate surface area is 125 Å². The smallest absolute Gasteiger partial charge is 0.123 e. The molecule has 0 spiro atoms. The molecule has 0 atom stereocenters. The van der Waals surface area contributed by atoms with Crippen molar-refractivity contribution in [1.82, 2.24) is 0 Å². The van der Waals surface area contributed by atoms with E-state index in [0.717, 1.165) is 35.1 Å². The highest BCUT2D eigenvalue weighted by Crippen LogP contribution is 2.35. The number of rotatable bonds is 6. The summed E-state index contributed by atoms with van der Waals surface area (Å²) in [6, 6.07) is 10.9. The summed E-state index contributed by atoms with van der Waals surface area (Å²) in [6.07, 6.45) is 5.89. The summed E-state index contributed by atoms with van der Waals surface area (Å²) in [6.45, 7) is 7.45. The van der Waals surface area contributed by atoms with Crippen LogP contribution in [0.5, 0.6) is 11.5 Å². The molecule has 108 valence electrons. The van der Waals surface area contributed by atoms with Crippen LogP contribution < -0.4 is 0 Å². The standard InChI is InChI=1S/C19H20O2/c1-3-5-8-14-9-6-10-18(21)19(14)16-11-12-17(20)15(13-16)7-4-2/h3-4,6,9-13,20-21H,1-2,5,7-8H2. The quantitative estimate of drug-likeness (QED) is 0.758. The first-order valence-corrected chi connectivity index (χ1v) is 7.02. The molecule has 2 aromatic rings. The molecule has 21 heavy (non-hydrogen) atoms. The van der Waals surface area contributed by atoms with Gasteiger partial charge in [-0.15, -0.1) is 13.2 Å². The van der Waals surface area contributed by atoms with Crippen molar-refractivity contribution >= 4 is 0 Å². The van der Waals surface area contributed by atoms with E-state index in [1.807, 2.05) is 30.3 Å². The second-order valence-corrected chi connectivity index (χ2v) is 4.97. The molecule has 2 rings (SSSR count). The van der Waals surface area contributed by atoms with Gasteiger partial charge in [0.25, 0.3) is 0 Å². The van der Waals surface area contributed by atoms with E-state index in [1.54, 1.807) is 18.2 Å². The number of aromatic hydroxyl groups is 2. The Morgan fingerprint density at radius 2 is 1.71 bits per heavy atom. The molecular formula is C19H20O2. The third kappa shape index (κ3) is 3.34. The van der Waals surface area contributed by atoms with Crippen molar-refractivity contribution in [1.29, 1.82) is 0 Å². The van der Waals surface area contributed by atoms with Gasteiger partial charge in [0.15, 0.2) is 0 Å². The van der Waals surface area contributed by atoms with Crippen molar-refractivity contribution in [2.24, 2.45) is 0 Å².